The molecule has 0 amide bonds. The lowest BCUT2D eigenvalue weighted by molar-refractivity contribution is -0.142. The lowest BCUT2D eigenvalue weighted by Gasteiger charge is -2.32. The summed E-state index contributed by atoms with van der Waals surface area (Å²) in [5.74, 6) is -0.300. The number of nitrogens with zero attached hydrogens (tertiary/aromatic N) is 4. The van der Waals surface area contributed by atoms with Crippen molar-refractivity contribution in [1.82, 2.24) is 14.5 Å². The molecular weight excluding hydrogens is 375 g/mol. The fourth-order valence-corrected chi connectivity index (χ4v) is 3.87. The van der Waals surface area contributed by atoms with E-state index in [0.717, 1.165) is 17.5 Å². The van der Waals surface area contributed by atoms with Gasteiger partial charge in [-0.3, -0.25) is 0 Å². The van der Waals surface area contributed by atoms with Gasteiger partial charge in [-0.1, -0.05) is 23.2 Å². The summed E-state index contributed by atoms with van der Waals surface area (Å²) in [6.45, 7) is 2.34. The van der Waals surface area contributed by atoms with Crippen LogP contribution in [-0.4, -0.2) is 37.7 Å². The van der Waals surface area contributed by atoms with Crippen molar-refractivity contribution in [2.45, 2.75) is 25.3 Å². The van der Waals surface area contributed by atoms with Crippen molar-refractivity contribution in [2.24, 2.45) is 0 Å². The molecule has 4 rings (SSSR count). The predicted molar refractivity (Wildman–Crippen MR) is 102 cm³/mol. The maximum atomic E-state index is 11.9. The third-order valence-electron chi connectivity index (χ3n) is 5.00. The number of aromatic nitrogens is 3. The van der Waals surface area contributed by atoms with Crippen molar-refractivity contribution in [2.75, 3.05) is 11.4 Å². The first kappa shape index (κ1) is 17.1. The van der Waals surface area contributed by atoms with Gasteiger partial charge in [0, 0.05) is 30.4 Å². The van der Waals surface area contributed by atoms with Crippen LogP contribution in [0.5, 0.6) is 0 Å². The van der Waals surface area contributed by atoms with Gasteiger partial charge in [-0.15, -0.1) is 0 Å². The average molecular weight is 391 g/mol. The molecule has 2 aromatic heterocycles. The van der Waals surface area contributed by atoms with Gasteiger partial charge in [0.15, 0.2) is 0 Å². The predicted octanol–water partition coefficient (Wildman–Crippen LogP) is 4.17. The fraction of sp³-hybridized carbons (Fsp3) is 0.278. The smallest absolute Gasteiger partial charge is 0.329 e. The first-order chi connectivity index (χ1) is 12.4. The van der Waals surface area contributed by atoms with Crippen LogP contribution in [-0.2, 0) is 4.79 Å². The molecule has 1 atom stereocenters. The summed E-state index contributed by atoms with van der Waals surface area (Å²) >= 11 is 12.6. The van der Waals surface area contributed by atoms with Gasteiger partial charge in [0.05, 0.1) is 27.6 Å². The summed E-state index contributed by atoms with van der Waals surface area (Å²) in [5.41, 5.74) is 0.360. The standard InChI is InChI=1S/C18H16Cl2N4O2/c1-18(17(25)26)5-2-7-24(18)14-9-13(23-8-6-21-10-23)11-3-4-12(19)15(20)16(11)22-14/h3-4,6,8-10H,2,5,7H2,1H3,(H,25,26)/t18-/m0/s1. The third kappa shape index (κ3) is 2.52. The molecule has 1 aromatic carbocycles. The minimum atomic E-state index is -1.00. The molecule has 1 aliphatic heterocycles. The Hall–Kier alpha value is -2.31. The fourth-order valence-electron chi connectivity index (χ4n) is 3.51. The average Bonchev–Trinajstić information content (AvgIpc) is 3.28. The highest BCUT2D eigenvalue weighted by Gasteiger charge is 2.44. The molecule has 1 N–H and O–H groups in total. The van der Waals surface area contributed by atoms with Gasteiger partial charge in [0.2, 0.25) is 0 Å². The van der Waals surface area contributed by atoms with Gasteiger partial charge in [-0.05, 0) is 31.9 Å². The SMILES string of the molecule is C[C@@]1(C(=O)O)CCCN1c1cc(-n2ccnc2)c2ccc(Cl)c(Cl)c2n1. The van der Waals surface area contributed by atoms with E-state index in [9.17, 15) is 9.90 Å². The van der Waals surface area contributed by atoms with E-state index in [4.69, 9.17) is 23.2 Å². The largest absolute Gasteiger partial charge is 0.480 e. The molecule has 26 heavy (non-hydrogen) atoms. The summed E-state index contributed by atoms with van der Waals surface area (Å²) in [6.07, 6.45) is 6.53. The number of pyridine rings is 1. The lowest BCUT2D eigenvalue weighted by atomic mass is 9.99. The summed E-state index contributed by atoms with van der Waals surface area (Å²) in [5, 5.41) is 11.3. The van der Waals surface area contributed by atoms with Crippen molar-refractivity contribution in [3.63, 3.8) is 0 Å². The normalized spacial score (nSPS) is 20.0. The molecule has 0 radical (unpaired) electrons. The van der Waals surface area contributed by atoms with Crippen molar-refractivity contribution in [3.8, 4) is 5.69 Å². The van der Waals surface area contributed by atoms with E-state index >= 15 is 0 Å². The molecule has 134 valence electrons. The van der Waals surface area contributed by atoms with E-state index in [1.807, 2.05) is 27.8 Å². The number of carbonyl (C=O) groups is 1. The molecule has 1 saturated heterocycles. The van der Waals surface area contributed by atoms with Gasteiger partial charge in [-0.2, -0.15) is 0 Å². The highest BCUT2D eigenvalue weighted by atomic mass is 35.5. The molecule has 0 saturated carbocycles. The zero-order valence-electron chi connectivity index (χ0n) is 14.0. The van der Waals surface area contributed by atoms with E-state index in [-0.39, 0.29) is 0 Å². The van der Waals surface area contributed by atoms with Crippen molar-refractivity contribution >= 4 is 45.9 Å². The summed E-state index contributed by atoms with van der Waals surface area (Å²) in [4.78, 5) is 22.5. The number of halogens is 2. The van der Waals surface area contributed by atoms with Crippen LogP contribution in [0.25, 0.3) is 16.6 Å². The van der Waals surface area contributed by atoms with Crippen LogP contribution in [0, 0.1) is 0 Å². The van der Waals surface area contributed by atoms with Gasteiger partial charge in [0.1, 0.15) is 11.4 Å². The van der Waals surface area contributed by atoms with Crippen molar-refractivity contribution in [3.05, 3.63) is 47.0 Å². The molecule has 0 aliphatic carbocycles. The minimum absolute atomic E-state index is 0.351. The molecule has 3 heterocycles. The minimum Gasteiger partial charge on any atom is -0.480 e. The van der Waals surface area contributed by atoms with E-state index in [1.165, 1.54) is 0 Å². The van der Waals surface area contributed by atoms with Gasteiger partial charge in [0.25, 0.3) is 0 Å². The number of carboxylic acids is 1. The molecule has 1 aliphatic rings. The molecular formula is C18H16Cl2N4O2. The number of hydrogen-bond acceptors (Lipinski definition) is 4. The summed E-state index contributed by atoms with van der Waals surface area (Å²) in [7, 11) is 0. The zero-order chi connectivity index (χ0) is 18.5. The maximum absolute atomic E-state index is 11.9. The van der Waals surface area contributed by atoms with E-state index in [2.05, 4.69) is 9.97 Å². The topological polar surface area (TPSA) is 71.2 Å². The molecule has 8 heteroatoms. The molecule has 3 aromatic rings. The van der Waals surface area contributed by atoms with Crippen molar-refractivity contribution < 1.29 is 9.90 Å². The number of benzene rings is 1. The van der Waals surface area contributed by atoms with Crippen LogP contribution in [0.15, 0.2) is 36.9 Å². The molecule has 0 spiro atoms. The Morgan fingerprint density at radius 2 is 2.15 bits per heavy atom. The zero-order valence-corrected chi connectivity index (χ0v) is 15.5. The number of fused-ring (bicyclic) bond motifs is 1. The van der Waals surface area contributed by atoms with Gasteiger partial charge in [-0.25, -0.2) is 14.8 Å². The Labute approximate surface area is 160 Å². The van der Waals surface area contributed by atoms with Crippen molar-refractivity contribution in [1.29, 1.82) is 0 Å². The van der Waals surface area contributed by atoms with Crippen LogP contribution in [0.3, 0.4) is 0 Å². The molecule has 1 fully saturated rings. The Balaban J connectivity index is 1.99. The van der Waals surface area contributed by atoms with E-state index in [1.54, 1.807) is 25.5 Å². The van der Waals surface area contributed by atoms with Crippen LogP contribution >= 0.6 is 23.2 Å². The highest BCUT2D eigenvalue weighted by Crippen LogP contribution is 2.38. The molecule has 0 bridgehead atoms. The second-order valence-electron chi connectivity index (χ2n) is 6.56. The second-order valence-corrected chi connectivity index (χ2v) is 7.35. The Morgan fingerprint density at radius 3 is 2.85 bits per heavy atom. The number of anilines is 1. The number of aliphatic carboxylic acids is 1. The van der Waals surface area contributed by atoms with Gasteiger partial charge >= 0.3 is 5.97 Å². The third-order valence-corrected chi connectivity index (χ3v) is 5.79. The Kier molecular flexibility index (Phi) is 4.04. The maximum Gasteiger partial charge on any atom is 0.329 e. The Bertz CT molecular complexity index is 1010. The monoisotopic (exact) mass is 390 g/mol. The first-order valence-electron chi connectivity index (χ1n) is 8.20. The lowest BCUT2D eigenvalue weighted by Crippen LogP contribution is -2.48. The number of hydrogen-bond donors (Lipinski definition) is 1. The quantitative estimate of drug-likeness (QED) is 0.726. The molecule has 0 unspecified atom stereocenters. The summed E-state index contributed by atoms with van der Waals surface area (Å²) < 4.78 is 1.85. The van der Waals surface area contributed by atoms with E-state index in [0.29, 0.717) is 34.3 Å². The number of rotatable bonds is 3. The van der Waals surface area contributed by atoms with Crippen LogP contribution in [0.2, 0.25) is 10.0 Å². The van der Waals surface area contributed by atoms with Crippen LogP contribution in [0.4, 0.5) is 5.82 Å². The summed E-state index contributed by atoms with van der Waals surface area (Å²) in [6, 6.07) is 5.46. The van der Waals surface area contributed by atoms with E-state index < -0.39 is 11.5 Å². The van der Waals surface area contributed by atoms with Crippen LogP contribution < -0.4 is 4.90 Å². The van der Waals surface area contributed by atoms with Crippen LogP contribution in [0.1, 0.15) is 19.8 Å². The Morgan fingerprint density at radius 1 is 1.35 bits per heavy atom. The second kappa shape index (κ2) is 6.14. The first-order valence-corrected chi connectivity index (χ1v) is 8.95. The number of carboxylic acid groups (broad SMARTS) is 1. The van der Waals surface area contributed by atoms with Gasteiger partial charge < -0.3 is 14.6 Å². The number of imidazole rings is 1. The highest BCUT2D eigenvalue weighted by molar-refractivity contribution is 6.45. The molecule has 6 nitrogen and oxygen atoms in total.